The summed E-state index contributed by atoms with van der Waals surface area (Å²) in [7, 11) is 0. The highest BCUT2D eigenvalue weighted by Gasteiger charge is 2.20. The summed E-state index contributed by atoms with van der Waals surface area (Å²) in [6.07, 6.45) is 0. The molecule has 1 aliphatic rings. The van der Waals surface area contributed by atoms with Crippen LogP contribution in [-0.2, 0) is 4.79 Å². The second-order valence-electron chi connectivity index (χ2n) is 6.12. The van der Waals surface area contributed by atoms with E-state index in [1.165, 1.54) is 12.1 Å². The lowest BCUT2D eigenvalue weighted by Crippen LogP contribution is -2.39. The van der Waals surface area contributed by atoms with Crippen molar-refractivity contribution in [1.29, 1.82) is 0 Å². The third-order valence-electron chi connectivity index (χ3n) is 4.13. The fourth-order valence-electron chi connectivity index (χ4n) is 2.76. The van der Waals surface area contributed by atoms with Gasteiger partial charge in [-0.05, 0) is 32.0 Å². The summed E-state index contributed by atoms with van der Waals surface area (Å²) in [6.45, 7) is 4.34. The second kappa shape index (κ2) is 7.70. The summed E-state index contributed by atoms with van der Waals surface area (Å²) in [4.78, 5) is 12.4. The van der Waals surface area contributed by atoms with Crippen LogP contribution in [0.4, 0.5) is 14.5 Å². The molecule has 5 nitrogen and oxygen atoms in total. The number of ether oxygens (including phenoxy) is 2. The molecule has 7 heteroatoms. The van der Waals surface area contributed by atoms with Crippen molar-refractivity contribution in [3.8, 4) is 11.5 Å². The summed E-state index contributed by atoms with van der Waals surface area (Å²) in [5, 5.41) is 5.79. The minimum atomic E-state index is -0.649. The van der Waals surface area contributed by atoms with E-state index in [1.807, 2.05) is 0 Å². The van der Waals surface area contributed by atoms with Crippen molar-refractivity contribution in [3.05, 3.63) is 53.6 Å². The highest BCUT2D eigenvalue weighted by molar-refractivity contribution is 5.94. The first kappa shape index (κ1) is 18.1. The van der Waals surface area contributed by atoms with Crippen molar-refractivity contribution in [2.24, 2.45) is 0 Å². The predicted octanol–water partition coefficient (Wildman–Crippen LogP) is 3.41. The molecule has 2 N–H and O–H groups in total. The van der Waals surface area contributed by atoms with Gasteiger partial charge in [-0.2, -0.15) is 0 Å². The molecule has 0 unspecified atom stereocenters. The quantitative estimate of drug-likeness (QED) is 0.856. The number of fused-ring (bicyclic) bond motifs is 1. The molecule has 1 aliphatic heterocycles. The summed E-state index contributed by atoms with van der Waals surface area (Å²) in [5.41, 5.74) is 0.874. The number of nitrogens with one attached hydrogen (secondary N) is 2. The molecule has 0 spiro atoms. The SMILES string of the molecule is C[C@H](N[C@H](C)c1ccc(F)cc1F)C(=O)Nc1ccc2c(c1)OCCO2. The Balaban J connectivity index is 1.62. The summed E-state index contributed by atoms with van der Waals surface area (Å²) in [5.74, 6) is -0.347. The van der Waals surface area contributed by atoms with Gasteiger partial charge in [0.05, 0.1) is 6.04 Å². The van der Waals surface area contributed by atoms with Crippen molar-refractivity contribution in [2.45, 2.75) is 25.9 Å². The van der Waals surface area contributed by atoms with Gasteiger partial charge < -0.3 is 14.8 Å². The molecule has 2 atom stereocenters. The molecule has 26 heavy (non-hydrogen) atoms. The van der Waals surface area contributed by atoms with Crippen molar-refractivity contribution in [1.82, 2.24) is 5.32 Å². The molecule has 0 radical (unpaired) electrons. The average molecular weight is 362 g/mol. The lowest BCUT2D eigenvalue weighted by Gasteiger charge is -2.21. The van der Waals surface area contributed by atoms with E-state index in [1.54, 1.807) is 32.0 Å². The van der Waals surface area contributed by atoms with E-state index in [0.717, 1.165) is 6.07 Å². The van der Waals surface area contributed by atoms with Gasteiger partial charge in [-0.15, -0.1) is 0 Å². The number of hydrogen-bond acceptors (Lipinski definition) is 4. The topological polar surface area (TPSA) is 59.6 Å². The monoisotopic (exact) mass is 362 g/mol. The van der Waals surface area contributed by atoms with Crippen LogP contribution in [0.2, 0.25) is 0 Å². The van der Waals surface area contributed by atoms with Gasteiger partial charge in [-0.25, -0.2) is 8.78 Å². The smallest absolute Gasteiger partial charge is 0.241 e. The number of carbonyl (C=O) groups is 1. The maximum absolute atomic E-state index is 13.9. The second-order valence-corrected chi connectivity index (χ2v) is 6.12. The third-order valence-corrected chi connectivity index (χ3v) is 4.13. The minimum Gasteiger partial charge on any atom is -0.486 e. The van der Waals surface area contributed by atoms with Gasteiger partial charge in [0.2, 0.25) is 5.91 Å². The van der Waals surface area contributed by atoms with E-state index in [2.05, 4.69) is 10.6 Å². The lowest BCUT2D eigenvalue weighted by molar-refractivity contribution is -0.117. The van der Waals surface area contributed by atoms with Crippen LogP contribution in [-0.4, -0.2) is 25.2 Å². The molecular formula is C19H20F2N2O3. The first-order valence-electron chi connectivity index (χ1n) is 8.35. The molecule has 1 heterocycles. The fraction of sp³-hybridized carbons (Fsp3) is 0.316. The number of halogens is 2. The molecule has 0 aromatic heterocycles. The highest BCUT2D eigenvalue weighted by atomic mass is 19.1. The van der Waals surface area contributed by atoms with Crippen LogP contribution >= 0.6 is 0 Å². The zero-order valence-corrected chi connectivity index (χ0v) is 14.5. The molecule has 0 saturated carbocycles. The van der Waals surface area contributed by atoms with Gasteiger partial charge in [-0.3, -0.25) is 10.1 Å². The number of anilines is 1. The first-order valence-corrected chi connectivity index (χ1v) is 8.35. The van der Waals surface area contributed by atoms with E-state index in [9.17, 15) is 13.6 Å². The number of carbonyl (C=O) groups excluding carboxylic acids is 1. The Morgan fingerprint density at radius 2 is 1.77 bits per heavy atom. The molecular weight excluding hydrogens is 342 g/mol. The standard InChI is InChI=1S/C19H20F2N2O3/c1-11(15-5-3-13(20)9-16(15)21)22-12(2)19(24)23-14-4-6-17-18(10-14)26-8-7-25-17/h3-6,9-12,22H,7-8H2,1-2H3,(H,23,24)/t11-,12+/m1/s1. The molecule has 2 aromatic carbocycles. The average Bonchev–Trinajstić information content (AvgIpc) is 2.61. The normalized spacial score (nSPS) is 15.2. The Bertz CT molecular complexity index is 813. The van der Waals surface area contributed by atoms with E-state index in [4.69, 9.17) is 9.47 Å². The Labute approximate surface area is 150 Å². The fourth-order valence-corrected chi connectivity index (χ4v) is 2.76. The zero-order chi connectivity index (χ0) is 18.7. The molecule has 3 rings (SSSR count). The van der Waals surface area contributed by atoms with Gasteiger partial charge in [0.1, 0.15) is 24.8 Å². The molecule has 2 aromatic rings. The highest BCUT2D eigenvalue weighted by Crippen LogP contribution is 2.32. The van der Waals surface area contributed by atoms with Gasteiger partial charge in [0.15, 0.2) is 11.5 Å². The van der Waals surface area contributed by atoms with E-state index in [0.29, 0.717) is 36.0 Å². The van der Waals surface area contributed by atoms with Crippen molar-refractivity contribution < 1.29 is 23.0 Å². The van der Waals surface area contributed by atoms with Crippen LogP contribution in [0.3, 0.4) is 0 Å². The Kier molecular flexibility index (Phi) is 5.37. The van der Waals surface area contributed by atoms with Crippen LogP contribution < -0.4 is 20.1 Å². The maximum Gasteiger partial charge on any atom is 0.241 e. The Morgan fingerprint density at radius 3 is 2.50 bits per heavy atom. The summed E-state index contributed by atoms with van der Waals surface area (Å²) < 4.78 is 37.8. The van der Waals surface area contributed by atoms with Crippen LogP contribution in [0.5, 0.6) is 11.5 Å². The number of amides is 1. The molecule has 138 valence electrons. The molecule has 0 aliphatic carbocycles. The molecule has 1 amide bonds. The summed E-state index contributed by atoms with van der Waals surface area (Å²) >= 11 is 0. The molecule has 0 fully saturated rings. The Morgan fingerprint density at radius 1 is 1.04 bits per heavy atom. The zero-order valence-electron chi connectivity index (χ0n) is 14.5. The third kappa shape index (κ3) is 4.11. The van der Waals surface area contributed by atoms with Crippen molar-refractivity contribution >= 4 is 11.6 Å². The van der Waals surface area contributed by atoms with Gasteiger partial charge >= 0.3 is 0 Å². The number of benzene rings is 2. The van der Waals surface area contributed by atoms with E-state index in [-0.39, 0.29) is 5.91 Å². The predicted molar refractivity (Wildman–Crippen MR) is 93.4 cm³/mol. The van der Waals surface area contributed by atoms with Crippen molar-refractivity contribution in [2.75, 3.05) is 18.5 Å². The van der Waals surface area contributed by atoms with Crippen LogP contribution in [0.25, 0.3) is 0 Å². The van der Waals surface area contributed by atoms with Gasteiger partial charge in [-0.1, -0.05) is 6.07 Å². The largest absolute Gasteiger partial charge is 0.486 e. The minimum absolute atomic E-state index is 0.281. The van der Waals surface area contributed by atoms with Crippen LogP contribution in [0.1, 0.15) is 25.5 Å². The molecule has 0 saturated heterocycles. The van der Waals surface area contributed by atoms with Crippen LogP contribution in [0, 0.1) is 11.6 Å². The maximum atomic E-state index is 13.9. The van der Waals surface area contributed by atoms with Crippen LogP contribution in [0.15, 0.2) is 36.4 Å². The first-order chi connectivity index (χ1) is 12.4. The lowest BCUT2D eigenvalue weighted by atomic mass is 10.1. The van der Waals surface area contributed by atoms with E-state index >= 15 is 0 Å². The number of hydrogen-bond donors (Lipinski definition) is 2. The van der Waals surface area contributed by atoms with Crippen molar-refractivity contribution in [3.63, 3.8) is 0 Å². The van der Waals surface area contributed by atoms with Gasteiger partial charge in [0.25, 0.3) is 0 Å². The Hall–Kier alpha value is -2.67. The van der Waals surface area contributed by atoms with Gasteiger partial charge in [0, 0.05) is 29.4 Å². The summed E-state index contributed by atoms with van der Waals surface area (Å²) in [6, 6.07) is 7.49. The van der Waals surface area contributed by atoms with E-state index < -0.39 is 23.7 Å². The number of rotatable bonds is 5. The molecule has 0 bridgehead atoms.